The second kappa shape index (κ2) is 6.89. The molecule has 0 spiro atoms. The van der Waals surface area contributed by atoms with Crippen molar-refractivity contribution < 1.29 is 19.1 Å². The summed E-state index contributed by atoms with van der Waals surface area (Å²) >= 11 is 0. The van der Waals surface area contributed by atoms with Gasteiger partial charge in [0.1, 0.15) is 11.5 Å². The summed E-state index contributed by atoms with van der Waals surface area (Å²) in [7, 11) is 0. The van der Waals surface area contributed by atoms with Gasteiger partial charge in [-0.3, -0.25) is 4.79 Å². The number of aryl methyl sites for hydroxylation is 1. The third-order valence-electron chi connectivity index (χ3n) is 2.98. The highest BCUT2D eigenvalue weighted by Gasteiger charge is 2.20. The highest BCUT2D eigenvalue weighted by molar-refractivity contribution is 6.41. The number of ether oxygens (including phenoxy) is 2. The van der Waals surface area contributed by atoms with Crippen LogP contribution in [-0.4, -0.2) is 17.9 Å². The SMILES string of the molecule is Cc1ccccc1C(=O)C(=O)Oc1ccc(OC(C)C)cc1. The number of benzene rings is 2. The Balaban J connectivity index is 2.06. The quantitative estimate of drug-likeness (QED) is 0.366. The number of hydrogen-bond donors (Lipinski definition) is 0. The fourth-order valence-corrected chi connectivity index (χ4v) is 1.95. The fourth-order valence-electron chi connectivity index (χ4n) is 1.95. The minimum absolute atomic E-state index is 0.0658. The maximum Gasteiger partial charge on any atom is 0.385 e. The molecule has 0 aliphatic rings. The lowest BCUT2D eigenvalue weighted by Crippen LogP contribution is -2.21. The maximum atomic E-state index is 12.1. The fraction of sp³-hybridized carbons (Fsp3) is 0.222. The van der Waals surface area contributed by atoms with Crippen molar-refractivity contribution in [3.63, 3.8) is 0 Å². The molecule has 0 unspecified atom stereocenters. The molecule has 2 aromatic rings. The number of carbonyl (C=O) groups excluding carboxylic acids is 2. The Morgan fingerprint density at radius 1 is 0.909 bits per heavy atom. The summed E-state index contributed by atoms with van der Waals surface area (Å²) in [5, 5.41) is 0. The van der Waals surface area contributed by atoms with Crippen LogP contribution in [0.3, 0.4) is 0 Å². The second-order valence-corrected chi connectivity index (χ2v) is 5.17. The van der Waals surface area contributed by atoms with Crippen LogP contribution in [0.25, 0.3) is 0 Å². The lowest BCUT2D eigenvalue weighted by atomic mass is 10.1. The average Bonchev–Trinajstić information content (AvgIpc) is 2.48. The first kappa shape index (κ1) is 15.8. The molecule has 0 fully saturated rings. The van der Waals surface area contributed by atoms with Crippen LogP contribution in [0.2, 0.25) is 0 Å². The zero-order chi connectivity index (χ0) is 16.1. The largest absolute Gasteiger partial charge is 0.491 e. The summed E-state index contributed by atoms with van der Waals surface area (Å²) in [6.07, 6.45) is 0.0658. The highest BCUT2D eigenvalue weighted by Crippen LogP contribution is 2.19. The smallest absolute Gasteiger partial charge is 0.385 e. The first-order valence-electron chi connectivity index (χ1n) is 7.06. The van der Waals surface area contributed by atoms with Crippen LogP contribution >= 0.6 is 0 Å². The van der Waals surface area contributed by atoms with Gasteiger partial charge in [0.15, 0.2) is 0 Å². The van der Waals surface area contributed by atoms with Gasteiger partial charge in [-0.05, 0) is 50.6 Å². The number of ketones is 1. The van der Waals surface area contributed by atoms with Crippen molar-refractivity contribution in [2.75, 3.05) is 0 Å². The van der Waals surface area contributed by atoms with E-state index in [-0.39, 0.29) is 6.10 Å². The van der Waals surface area contributed by atoms with Gasteiger partial charge in [-0.15, -0.1) is 0 Å². The van der Waals surface area contributed by atoms with E-state index >= 15 is 0 Å². The van der Waals surface area contributed by atoms with E-state index in [1.807, 2.05) is 19.9 Å². The molecule has 0 radical (unpaired) electrons. The summed E-state index contributed by atoms with van der Waals surface area (Å²) in [6, 6.07) is 13.5. The molecular weight excluding hydrogens is 280 g/mol. The topological polar surface area (TPSA) is 52.6 Å². The molecule has 0 aliphatic carbocycles. The molecule has 4 nitrogen and oxygen atoms in total. The number of esters is 1. The van der Waals surface area contributed by atoms with Crippen LogP contribution in [0.4, 0.5) is 0 Å². The number of Topliss-reactive ketones (excluding diaryl/α,β-unsaturated/α-hetero) is 1. The van der Waals surface area contributed by atoms with Gasteiger partial charge in [0, 0.05) is 5.56 Å². The lowest BCUT2D eigenvalue weighted by Gasteiger charge is -2.10. The zero-order valence-corrected chi connectivity index (χ0v) is 12.8. The van der Waals surface area contributed by atoms with Crippen LogP contribution in [0, 0.1) is 6.92 Å². The summed E-state index contributed by atoms with van der Waals surface area (Å²) in [6.45, 7) is 5.63. The van der Waals surface area contributed by atoms with E-state index in [0.29, 0.717) is 17.1 Å². The van der Waals surface area contributed by atoms with Gasteiger partial charge in [0.05, 0.1) is 6.10 Å². The van der Waals surface area contributed by atoms with Gasteiger partial charge < -0.3 is 9.47 Å². The number of rotatable bonds is 5. The lowest BCUT2D eigenvalue weighted by molar-refractivity contribution is -0.129. The summed E-state index contributed by atoms with van der Waals surface area (Å²) in [5.74, 6) is -0.560. The normalized spacial score (nSPS) is 10.4. The Morgan fingerprint density at radius 2 is 1.50 bits per heavy atom. The monoisotopic (exact) mass is 298 g/mol. The van der Waals surface area contributed by atoms with E-state index in [2.05, 4.69) is 0 Å². The van der Waals surface area contributed by atoms with Crippen molar-refractivity contribution in [1.29, 1.82) is 0 Å². The Morgan fingerprint density at radius 3 is 2.09 bits per heavy atom. The average molecular weight is 298 g/mol. The van der Waals surface area contributed by atoms with Crippen molar-refractivity contribution in [3.05, 3.63) is 59.7 Å². The molecule has 0 saturated carbocycles. The van der Waals surface area contributed by atoms with Crippen LogP contribution in [-0.2, 0) is 4.79 Å². The van der Waals surface area contributed by atoms with Crippen molar-refractivity contribution in [2.45, 2.75) is 26.9 Å². The molecule has 0 amide bonds. The third kappa shape index (κ3) is 3.95. The molecule has 0 aromatic heterocycles. The molecule has 0 saturated heterocycles. The molecule has 0 atom stereocenters. The molecule has 0 bridgehead atoms. The Bertz CT molecular complexity index is 672. The summed E-state index contributed by atoms with van der Waals surface area (Å²) < 4.78 is 10.6. The van der Waals surface area contributed by atoms with Crippen LogP contribution in [0.5, 0.6) is 11.5 Å². The summed E-state index contributed by atoms with van der Waals surface area (Å²) in [5.41, 5.74) is 1.09. The van der Waals surface area contributed by atoms with Gasteiger partial charge >= 0.3 is 5.97 Å². The minimum Gasteiger partial charge on any atom is -0.491 e. The zero-order valence-electron chi connectivity index (χ0n) is 12.8. The predicted molar refractivity (Wildman–Crippen MR) is 83.4 cm³/mol. The van der Waals surface area contributed by atoms with Gasteiger partial charge in [0.25, 0.3) is 5.78 Å². The van der Waals surface area contributed by atoms with E-state index in [1.165, 1.54) is 0 Å². The van der Waals surface area contributed by atoms with Crippen molar-refractivity contribution in [2.24, 2.45) is 0 Å². The first-order chi connectivity index (χ1) is 10.5. The van der Waals surface area contributed by atoms with Gasteiger partial charge in [0.2, 0.25) is 0 Å². The maximum absolute atomic E-state index is 12.1. The molecule has 0 N–H and O–H groups in total. The molecule has 0 aliphatic heterocycles. The van der Waals surface area contributed by atoms with E-state index < -0.39 is 11.8 Å². The highest BCUT2D eigenvalue weighted by atomic mass is 16.5. The van der Waals surface area contributed by atoms with Crippen LogP contribution in [0.1, 0.15) is 29.8 Å². The molecule has 2 aromatic carbocycles. The van der Waals surface area contributed by atoms with Crippen molar-refractivity contribution >= 4 is 11.8 Å². The first-order valence-corrected chi connectivity index (χ1v) is 7.06. The molecule has 0 heterocycles. The van der Waals surface area contributed by atoms with Gasteiger partial charge in [-0.25, -0.2) is 4.79 Å². The minimum atomic E-state index is -0.896. The standard InChI is InChI=1S/C18H18O4/c1-12(2)21-14-8-10-15(11-9-14)22-18(20)17(19)16-7-5-4-6-13(16)3/h4-12H,1-3H3. The van der Waals surface area contributed by atoms with E-state index in [4.69, 9.17) is 9.47 Å². The Labute approximate surface area is 129 Å². The molecular formula is C18H18O4. The Kier molecular flexibility index (Phi) is 4.94. The second-order valence-electron chi connectivity index (χ2n) is 5.17. The number of carbonyl (C=O) groups is 2. The van der Waals surface area contributed by atoms with E-state index in [9.17, 15) is 9.59 Å². The molecule has 4 heteroatoms. The Hall–Kier alpha value is -2.62. The van der Waals surface area contributed by atoms with Crippen LogP contribution < -0.4 is 9.47 Å². The van der Waals surface area contributed by atoms with Gasteiger partial charge in [-0.2, -0.15) is 0 Å². The third-order valence-corrected chi connectivity index (χ3v) is 2.98. The summed E-state index contributed by atoms with van der Waals surface area (Å²) in [4.78, 5) is 24.0. The predicted octanol–water partition coefficient (Wildman–Crippen LogP) is 3.57. The van der Waals surface area contributed by atoms with Crippen LogP contribution in [0.15, 0.2) is 48.5 Å². The van der Waals surface area contributed by atoms with Crippen molar-refractivity contribution in [3.8, 4) is 11.5 Å². The van der Waals surface area contributed by atoms with Crippen molar-refractivity contribution in [1.82, 2.24) is 0 Å². The molecule has 114 valence electrons. The van der Waals surface area contributed by atoms with E-state index in [0.717, 1.165) is 5.56 Å². The number of hydrogen-bond acceptors (Lipinski definition) is 4. The van der Waals surface area contributed by atoms with Gasteiger partial charge in [-0.1, -0.05) is 24.3 Å². The molecule has 22 heavy (non-hydrogen) atoms. The van der Waals surface area contributed by atoms with E-state index in [1.54, 1.807) is 49.4 Å². The molecule has 2 rings (SSSR count).